The summed E-state index contributed by atoms with van der Waals surface area (Å²) < 4.78 is 11.1. The number of carbonyl (C=O) groups is 1. The smallest absolute Gasteiger partial charge is 0.410 e. The molecule has 0 bridgehead atoms. The maximum absolute atomic E-state index is 12.8. The number of benzene rings is 1. The molecule has 1 aromatic carbocycles. The molecule has 164 valence electrons. The van der Waals surface area contributed by atoms with Crippen LogP contribution >= 0.6 is 0 Å². The van der Waals surface area contributed by atoms with Gasteiger partial charge in [-0.15, -0.1) is 0 Å². The number of rotatable bonds is 4. The summed E-state index contributed by atoms with van der Waals surface area (Å²) in [5, 5.41) is 0. The molecule has 1 aromatic heterocycles. The van der Waals surface area contributed by atoms with E-state index in [2.05, 4.69) is 9.80 Å². The first-order chi connectivity index (χ1) is 15.3. The third-order valence-electron chi connectivity index (χ3n) is 6.19. The van der Waals surface area contributed by atoms with Crippen LogP contribution in [0.3, 0.4) is 0 Å². The second kappa shape index (κ2) is 9.09. The van der Waals surface area contributed by atoms with Crippen LogP contribution in [0.4, 0.5) is 16.6 Å². The van der Waals surface area contributed by atoms with Gasteiger partial charge in [-0.2, -0.15) is 4.98 Å². The number of carbonyl (C=O) groups excluding carboxylic acids is 1. The van der Waals surface area contributed by atoms with Crippen molar-refractivity contribution in [2.45, 2.75) is 32.4 Å². The van der Waals surface area contributed by atoms with E-state index in [1.165, 1.54) is 12.8 Å². The first-order valence-corrected chi connectivity index (χ1v) is 11.2. The summed E-state index contributed by atoms with van der Waals surface area (Å²) >= 11 is 0. The highest BCUT2D eigenvalue weighted by Crippen LogP contribution is 2.30. The van der Waals surface area contributed by atoms with Gasteiger partial charge in [0.15, 0.2) is 0 Å². The molecular formula is C23H29N5O3. The van der Waals surface area contributed by atoms with Crippen molar-refractivity contribution >= 4 is 17.9 Å². The lowest BCUT2D eigenvalue weighted by Crippen LogP contribution is -2.41. The Morgan fingerprint density at radius 1 is 0.968 bits per heavy atom. The summed E-state index contributed by atoms with van der Waals surface area (Å²) in [6, 6.07) is 9.77. The van der Waals surface area contributed by atoms with Crippen molar-refractivity contribution in [2.75, 3.05) is 55.7 Å². The van der Waals surface area contributed by atoms with Crippen molar-refractivity contribution in [2.24, 2.45) is 0 Å². The van der Waals surface area contributed by atoms with E-state index in [0.717, 1.165) is 61.2 Å². The monoisotopic (exact) mass is 423 g/mol. The average molecular weight is 424 g/mol. The van der Waals surface area contributed by atoms with Crippen molar-refractivity contribution < 1.29 is 14.3 Å². The van der Waals surface area contributed by atoms with E-state index in [9.17, 15) is 4.79 Å². The van der Waals surface area contributed by atoms with Crippen LogP contribution in [-0.2, 0) is 29.0 Å². The van der Waals surface area contributed by atoms with Crippen LogP contribution in [0, 0.1) is 0 Å². The standard InChI is InChI=1S/C23H29N5O3/c29-23(31-17-18-6-2-1-3-7-18)28-11-8-20-19(16-28)21(26-12-14-30-15-13-26)25-22(24-20)27-9-4-5-10-27/h1-3,6-7H,4-5,8-17H2. The number of fused-ring (bicyclic) bond motifs is 1. The highest BCUT2D eigenvalue weighted by Gasteiger charge is 2.30. The van der Waals surface area contributed by atoms with Crippen LogP contribution in [0.2, 0.25) is 0 Å². The third-order valence-corrected chi connectivity index (χ3v) is 6.19. The van der Waals surface area contributed by atoms with Gasteiger partial charge in [0.25, 0.3) is 0 Å². The Kier molecular flexibility index (Phi) is 5.88. The Hall–Kier alpha value is -2.87. The summed E-state index contributed by atoms with van der Waals surface area (Å²) in [5.74, 6) is 1.79. The fourth-order valence-corrected chi connectivity index (χ4v) is 4.45. The number of morpholine rings is 1. The number of aromatic nitrogens is 2. The van der Waals surface area contributed by atoms with Crippen molar-refractivity contribution in [3.05, 3.63) is 47.2 Å². The quantitative estimate of drug-likeness (QED) is 0.749. The fourth-order valence-electron chi connectivity index (χ4n) is 4.45. The molecule has 0 radical (unpaired) electrons. The lowest BCUT2D eigenvalue weighted by molar-refractivity contribution is 0.0914. The molecule has 1 amide bonds. The minimum atomic E-state index is -0.286. The molecule has 8 nitrogen and oxygen atoms in total. The lowest BCUT2D eigenvalue weighted by atomic mass is 10.1. The van der Waals surface area contributed by atoms with E-state index in [0.29, 0.717) is 26.3 Å². The Balaban J connectivity index is 1.36. The third kappa shape index (κ3) is 4.44. The molecule has 3 aliphatic rings. The van der Waals surface area contributed by atoms with E-state index in [-0.39, 0.29) is 12.7 Å². The first-order valence-electron chi connectivity index (χ1n) is 11.2. The molecule has 5 rings (SSSR count). The first kappa shape index (κ1) is 20.1. The molecule has 2 fully saturated rings. The van der Waals surface area contributed by atoms with Gasteiger partial charge in [-0.05, 0) is 18.4 Å². The van der Waals surface area contributed by atoms with Gasteiger partial charge in [-0.3, -0.25) is 0 Å². The highest BCUT2D eigenvalue weighted by molar-refractivity contribution is 5.69. The maximum atomic E-state index is 12.8. The predicted molar refractivity (Wildman–Crippen MR) is 117 cm³/mol. The van der Waals surface area contributed by atoms with Crippen LogP contribution < -0.4 is 9.80 Å². The summed E-state index contributed by atoms with van der Waals surface area (Å²) in [5.41, 5.74) is 3.10. The van der Waals surface area contributed by atoms with Crippen LogP contribution in [0.15, 0.2) is 30.3 Å². The summed E-state index contributed by atoms with van der Waals surface area (Å²) in [4.78, 5) is 29.0. The maximum Gasteiger partial charge on any atom is 0.410 e. The number of amides is 1. The normalized spacial score (nSPS) is 18.8. The molecule has 0 aliphatic carbocycles. The number of ether oxygens (including phenoxy) is 2. The van der Waals surface area contributed by atoms with Gasteiger partial charge in [0.1, 0.15) is 12.4 Å². The molecule has 0 spiro atoms. The minimum Gasteiger partial charge on any atom is -0.445 e. The average Bonchev–Trinajstić information content (AvgIpc) is 3.38. The number of hydrogen-bond donors (Lipinski definition) is 0. The van der Waals surface area contributed by atoms with Crippen LogP contribution in [-0.4, -0.2) is 66.9 Å². The van der Waals surface area contributed by atoms with Gasteiger partial charge < -0.3 is 24.2 Å². The molecule has 2 saturated heterocycles. The lowest BCUT2D eigenvalue weighted by Gasteiger charge is -2.34. The largest absolute Gasteiger partial charge is 0.445 e. The molecule has 31 heavy (non-hydrogen) atoms. The predicted octanol–water partition coefficient (Wildman–Crippen LogP) is 2.61. The Labute approximate surface area is 182 Å². The molecule has 3 aliphatic heterocycles. The van der Waals surface area contributed by atoms with Crippen LogP contribution in [0.25, 0.3) is 0 Å². The van der Waals surface area contributed by atoms with Crippen LogP contribution in [0.1, 0.15) is 29.7 Å². The van der Waals surface area contributed by atoms with Crippen molar-refractivity contribution in [1.82, 2.24) is 14.9 Å². The Morgan fingerprint density at radius 2 is 1.74 bits per heavy atom. The zero-order valence-electron chi connectivity index (χ0n) is 17.8. The molecular weight excluding hydrogens is 394 g/mol. The molecule has 2 aromatic rings. The summed E-state index contributed by atoms with van der Waals surface area (Å²) in [6.45, 7) is 6.40. The Bertz CT molecular complexity index is 911. The van der Waals surface area contributed by atoms with E-state index in [4.69, 9.17) is 19.4 Å². The van der Waals surface area contributed by atoms with Gasteiger partial charge in [0, 0.05) is 44.7 Å². The fraction of sp³-hybridized carbons (Fsp3) is 0.522. The molecule has 8 heteroatoms. The minimum absolute atomic E-state index is 0.281. The zero-order valence-corrected chi connectivity index (χ0v) is 17.8. The second-order valence-corrected chi connectivity index (χ2v) is 8.28. The highest BCUT2D eigenvalue weighted by atomic mass is 16.6. The van der Waals surface area contributed by atoms with E-state index >= 15 is 0 Å². The van der Waals surface area contributed by atoms with Gasteiger partial charge in [-0.1, -0.05) is 30.3 Å². The molecule has 0 saturated carbocycles. The number of anilines is 2. The van der Waals surface area contributed by atoms with Crippen LogP contribution in [0.5, 0.6) is 0 Å². The van der Waals surface area contributed by atoms with Gasteiger partial charge in [0.05, 0.1) is 25.5 Å². The summed E-state index contributed by atoms with van der Waals surface area (Å²) in [7, 11) is 0. The van der Waals surface area contributed by atoms with E-state index in [1.54, 1.807) is 4.90 Å². The van der Waals surface area contributed by atoms with Crippen molar-refractivity contribution in [3.63, 3.8) is 0 Å². The molecule has 0 N–H and O–H groups in total. The van der Waals surface area contributed by atoms with E-state index in [1.807, 2.05) is 30.3 Å². The molecule has 0 unspecified atom stereocenters. The molecule has 4 heterocycles. The van der Waals surface area contributed by atoms with Gasteiger partial charge in [-0.25, -0.2) is 9.78 Å². The second-order valence-electron chi connectivity index (χ2n) is 8.28. The molecule has 0 atom stereocenters. The van der Waals surface area contributed by atoms with Gasteiger partial charge in [0.2, 0.25) is 5.95 Å². The Morgan fingerprint density at radius 3 is 2.52 bits per heavy atom. The SMILES string of the molecule is O=C(OCc1ccccc1)N1CCc2nc(N3CCCC3)nc(N3CCOCC3)c2C1. The van der Waals surface area contributed by atoms with Crippen molar-refractivity contribution in [3.8, 4) is 0 Å². The van der Waals surface area contributed by atoms with Crippen molar-refractivity contribution in [1.29, 1.82) is 0 Å². The summed E-state index contributed by atoms with van der Waals surface area (Å²) in [6.07, 6.45) is 2.81. The number of nitrogens with zero attached hydrogens (tertiary/aromatic N) is 5. The number of hydrogen-bond acceptors (Lipinski definition) is 7. The van der Waals surface area contributed by atoms with E-state index < -0.39 is 0 Å². The zero-order chi connectivity index (χ0) is 21.0. The van der Waals surface area contributed by atoms with Gasteiger partial charge >= 0.3 is 6.09 Å². The topological polar surface area (TPSA) is 71.0 Å².